The second kappa shape index (κ2) is 13.2. The van der Waals surface area contributed by atoms with Crippen molar-refractivity contribution in [1.29, 1.82) is 0 Å². The zero-order valence-corrected chi connectivity index (χ0v) is 13.9. The van der Waals surface area contributed by atoms with Gasteiger partial charge in [0.15, 0.2) is 0 Å². The average molecular weight is 263 g/mol. The maximum Gasteiger partial charge on any atom is 0.0362 e. The number of hydrogen-bond acceptors (Lipinski definition) is 1. The lowest BCUT2D eigenvalue weighted by atomic mass is 10.1. The number of unbranched alkanes of at least 4 members (excludes halogenated alkanes) is 1. The summed E-state index contributed by atoms with van der Waals surface area (Å²) in [6.07, 6.45) is 11.1. The van der Waals surface area contributed by atoms with E-state index in [1.807, 2.05) is 20.9 Å². The number of rotatable bonds is 7. The van der Waals surface area contributed by atoms with Gasteiger partial charge in [0.25, 0.3) is 0 Å². The van der Waals surface area contributed by atoms with E-state index in [4.69, 9.17) is 0 Å². The fourth-order valence-electron chi connectivity index (χ4n) is 1.23. The van der Waals surface area contributed by atoms with Crippen LogP contribution in [0.1, 0.15) is 60.3 Å². The van der Waals surface area contributed by atoms with E-state index in [0.29, 0.717) is 0 Å². The Balaban J connectivity index is 0. The van der Waals surface area contributed by atoms with Gasteiger partial charge in [-0.15, -0.1) is 0 Å². The first kappa shape index (κ1) is 20.1. The first-order chi connectivity index (χ1) is 8.94. The summed E-state index contributed by atoms with van der Waals surface area (Å²) in [4.78, 5) is 2.07. The lowest BCUT2D eigenvalue weighted by Gasteiger charge is -2.19. The van der Waals surface area contributed by atoms with Crippen LogP contribution in [0.25, 0.3) is 0 Å². The molecule has 0 aliphatic heterocycles. The molecule has 0 atom stereocenters. The van der Waals surface area contributed by atoms with E-state index in [-0.39, 0.29) is 0 Å². The van der Waals surface area contributed by atoms with E-state index in [0.717, 1.165) is 24.2 Å². The summed E-state index contributed by atoms with van der Waals surface area (Å²) < 4.78 is 0. The Kier molecular flexibility index (Phi) is 14.0. The molecule has 0 saturated heterocycles. The fourth-order valence-corrected chi connectivity index (χ4v) is 1.23. The highest BCUT2D eigenvalue weighted by Crippen LogP contribution is 2.12. The van der Waals surface area contributed by atoms with Gasteiger partial charge in [-0.05, 0) is 26.3 Å². The van der Waals surface area contributed by atoms with E-state index in [1.165, 1.54) is 18.4 Å². The van der Waals surface area contributed by atoms with E-state index in [2.05, 4.69) is 57.1 Å². The standard InChI is InChI=1S/C14H23N.C4H10/c1-7-9-13(5)10-11-14(8-2)15(6)12(3)4;1-3-4-2/h8,10-11H,3,5,7,9H2,1-2,4,6H3;3-4H2,1-2H3/b11-10-,14-8+;. The maximum atomic E-state index is 4.00. The maximum absolute atomic E-state index is 4.00. The largest absolute Gasteiger partial charge is 0.349 e. The lowest BCUT2D eigenvalue weighted by Crippen LogP contribution is -2.12. The molecule has 0 aliphatic rings. The molecule has 0 radical (unpaired) electrons. The summed E-state index contributed by atoms with van der Waals surface area (Å²) in [5.41, 5.74) is 3.36. The highest BCUT2D eigenvalue weighted by Gasteiger charge is 1.99. The zero-order valence-electron chi connectivity index (χ0n) is 13.9. The van der Waals surface area contributed by atoms with Crippen LogP contribution in [0.2, 0.25) is 0 Å². The molecule has 1 heteroatoms. The van der Waals surface area contributed by atoms with Crippen molar-refractivity contribution in [3.8, 4) is 0 Å². The molecule has 19 heavy (non-hydrogen) atoms. The Morgan fingerprint density at radius 2 is 1.53 bits per heavy atom. The number of nitrogens with zero attached hydrogens (tertiary/aromatic N) is 1. The Morgan fingerprint density at radius 3 is 1.84 bits per heavy atom. The van der Waals surface area contributed by atoms with Crippen molar-refractivity contribution in [3.63, 3.8) is 0 Å². The predicted molar refractivity (Wildman–Crippen MR) is 90.1 cm³/mol. The molecule has 0 aliphatic carbocycles. The zero-order chi connectivity index (χ0) is 15.3. The Bertz CT molecular complexity index is 306. The molecule has 0 aromatic heterocycles. The van der Waals surface area contributed by atoms with Crippen LogP contribution >= 0.6 is 0 Å². The second-order valence-electron chi connectivity index (χ2n) is 4.75. The Hall–Kier alpha value is -1.24. The van der Waals surface area contributed by atoms with Crippen LogP contribution in [0, 0.1) is 0 Å². The van der Waals surface area contributed by atoms with Gasteiger partial charge in [-0.1, -0.05) is 70.9 Å². The summed E-state index contributed by atoms with van der Waals surface area (Å²) in [6.45, 7) is 18.5. The van der Waals surface area contributed by atoms with Crippen LogP contribution in [-0.4, -0.2) is 11.9 Å². The number of allylic oxidation sites excluding steroid dienone is 5. The van der Waals surface area contributed by atoms with E-state index < -0.39 is 0 Å². The van der Waals surface area contributed by atoms with Gasteiger partial charge in [0.2, 0.25) is 0 Å². The number of likely N-dealkylation sites (N-methyl/N-ethyl adjacent to an activating group) is 1. The van der Waals surface area contributed by atoms with Crippen LogP contribution < -0.4 is 0 Å². The molecule has 0 aromatic rings. The van der Waals surface area contributed by atoms with Crippen molar-refractivity contribution in [2.75, 3.05) is 7.05 Å². The van der Waals surface area contributed by atoms with Gasteiger partial charge in [0.05, 0.1) is 0 Å². The Morgan fingerprint density at radius 1 is 1.00 bits per heavy atom. The molecule has 0 heterocycles. The minimum atomic E-state index is 1.04. The summed E-state index contributed by atoms with van der Waals surface area (Å²) in [7, 11) is 2.02. The highest BCUT2D eigenvalue weighted by molar-refractivity contribution is 5.27. The monoisotopic (exact) mass is 263 g/mol. The van der Waals surface area contributed by atoms with Gasteiger partial charge in [0, 0.05) is 18.4 Å². The molecular formula is C18H33N. The number of hydrogen-bond donors (Lipinski definition) is 0. The van der Waals surface area contributed by atoms with Crippen molar-refractivity contribution in [2.45, 2.75) is 60.3 Å². The molecular weight excluding hydrogens is 230 g/mol. The molecule has 0 unspecified atom stereocenters. The molecule has 0 aromatic carbocycles. The molecule has 0 amide bonds. The molecule has 0 N–H and O–H groups in total. The van der Waals surface area contributed by atoms with Crippen LogP contribution in [-0.2, 0) is 0 Å². The third-order valence-electron chi connectivity index (χ3n) is 2.82. The normalized spacial score (nSPS) is 10.9. The minimum Gasteiger partial charge on any atom is -0.349 e. The first-order valence-electron chi connectivity index (χ1n) is 7.35. The van der Waals surface area contributed by atoms with E-state index in [1.54, 1.807) is 0 Å². The minimum absolute atomic E-state index is 1.04. The van der Waals surface area contributed by atoms with Gasteiger partial charge in [0.1, 0.15) is 0 Å². The van der Waals surface area contributed by atoms with Gasteiger partial charge in [-0.2, -0.15) is 0 Å². The second-order valence-corrected chi connectivity index (χ2v) is 4.75. The summed E-state index contributed by atoms with van der Waals surface area (Å²) in [6, 6.07) is 0. The van der Waals surface area contributed by atoms with Crippen molar-refractivity contribution in [3.05, 3.63) is 48.4 Å². The highest BCUT2D eigenvalue weighted by atomic mass is 15.1. The van der Waals surface area contributed by atoms with Crippen molar-refractivity contribution < 1.29 is 0 Å². The van der Waals surface area contributed by atoms with E-state index in [9.17, 15) is 0 Å². The van der Waals surface area contributed by atoms with E-state index >= 15 is 0 Å². The molecule has 1 nitrogen and oxygen atoms in total. The van der Waals surface area contributed by atoms with Gasteiger partial charge >= 0.3 is 0 Å². The summed E-state index contributed by atoms with van der Waals surface area (Å²) in [5.74, 6) is 0. The van der Waals surface area contributed by atoms with Crippen molar-refractivity contribution >= 4 is 0 Å². The van der Waals surface area contributed by atoms with Crippen LogP contribution in [0.5, 0.6) is 0 Å². The molecule has 0 rings (SSSR count). The van der Waals surface area contributed by atoms with Gasteiger partial charge in [-0.3, -0.25) is 0 Å². The van der Waals surface area contributed by atoms with Gasteiger partial charge < -0.3 is 4.90 Å². The van der Waals surface area contributed by atoms with Crippen molar-refractivity contribution in [1.82, 2.24) is 4.90 Å². The summed E-state index contributed by atoms with van der Waals surface area (Å²) >= 11 is 0. The summed E-state index contributed by atoms with van der Waals surface area (Å²) in [5, 5.41) is 0. The van der Waals surface area contributed by atoms with Crippen LogP contribution in [0.3, 0.4) is 0 Å². The molecule has 0 saturated carbocycles. The SMILES string of the molecule is C=C(/C=C\C(=C/C)N(C)C(=C)C)CCC.CCCC. The van der Waals surface area contributed by atoms with Crippen LogP contribution in [0.4, 0.5) is 0 Å². The quantitative estimate of drug-likeness (QED) is 0.503. The topological polar surface area (TPSA) is 3.24 Å². The predicted octanol–water partition coefficient (Wildman–Crippen LogP) is 6.07. The third-order valence-corrected chi connectivity index (χ3v) is 2.82. The average Bonchev–Trinajstić information content (AvgIpc) is 2.39. The smallest absolute Gasteiger partial charge is 0.0362 e. The van der Waals surface area contributed by atoms with Crippen LogP contribution in [0.15, 0.2) is 48.4 Å². The first-order valence-corrected chi connectivity index (χ1v) is 7.35. The molecule has 110 valence electrons. The molecule has 0 spiro atoms. The lowest BCUT2D eigenvalue weighted by molar-refractivity contribution is 0.539. The molecule has 0 fully saturated rings. The Labute approximate surface area is 121 Å². The fraction of sp³-hybridized carbons (Fsp3) is 0.556. The molecule has 0 bridgehead atoms. The van der Waals surface area contributed by atoms with Gasteiger partial charge in [-0.25, -0.2) is 0 Å². The van der Waals surface area contributed by atoms with Crippen molar-refractivity contribution in [2.24, 2.45) is 0 Å². The third kappa shape index (κ3) is 11.6.